The van der Waals surface area contributed by atoms with Gasteiger partial charge < -0.3 is 15.3 Å². The molecule has 1 aliphatic heterocycles. The molecule has 2 rings (SSSR count). The SMILES string of the molecule is O=C(NCc1ccncc1)N1CCC([C@H](O)C(F)(F)F)CC1. The third kappa shape index (κ3) is 4.33. The summed E-state index contributed by atoms with van der Waals surface area (Å²) in [4.78, 5) is 17.3. The van der Waals surface area contributed by atoms with Crippen molar-refractivity contribution in [3.8, 4) is 0 Å². The number of hydrogen-bond acceptors (Lipinski definition) is 3. The van der Waals surface area contributed by atoms with Crippen LogP contribution in [0.15, 0.2) is 24.5 Å². The van der Waals surface area contributed by atoms with E-state index < -0.39 is 18.2 Å². The number of carbonyl (C=O) groups is 1. The van der Waals surface area contributed by atoms with Crippen molar-refractivity contribution in [2.24, 2.45) is 5.92 Å². The number of nitrogens with one attached hydrogen (secondary N) is 1. The Morgan fingerprint density at radius 3 is 2.50 bits per heavy atom. The molecule has 0 saturated carbocycles. The third-order valence-electron chi connectivity index (χ3n) is 3.80. The molecule has 1 aliphatic rings. The van der Waals surface area contributed by atoms with Crippen LogP contribution in [0.5, 0.6) is 0 Å². The van der Waals surface area contributed by atoms with Crippen molar-refractivity contribution in [1.82, 2.24) is 15.2 Å². The van der Waals surface area contributed by atoms with Gasteiger partial charge in [0.1, 0.15) is 0 Å². The molecule has 2 heterocycles. The van der Waals surface area contributed by atoms with Crippen molar-refractivity contribution in [3.63, 3.8) is 0 Å². The molecule has 8 heteroatoms. The van der Waals surface area contributed by atoms with Crippen LogP contribution in [0.1, 0.15) is 18.4 Å². The van der Waals surface area contributed by atoms with Crippen molar-refractivity contribution in [1.29, 1.82) is 0 Å². The van der Waals surface area contributed by atoms with Crippen LogP contribution in [0.2, 0.25) is 0 Å². The number of carbonyl (C=O) groups excluding carboxylic acids is 1. The van der Waals surface area contributed by atoms with Gasteiger partial charge in [0.2, 0.25) is 0 Å². The van der Waals surface area contributed by atoms with E-state index in [9.17, 15) is 23.1 Å². The number of hydrogen-bond donors (Lipinski definition) is 2. The molecule has 0 aliphatic carbocycles. The van der Waals surface area contributed by atoms with Crippen molar-refractivity contribution >= 4 is 6.03 Å². The van der Waals surface area contributed by atoms with E-state index >= 15 is 0 Å². The number of aromatic nitrogens is 1. The Hall–Kier alpha value is -1.83. The van der Waals surface area contributed by atoms with E-state index in [1.807, 2.05) is 0 Å². The Kier molecular flexibility index (Phi) is 5.23. The standard InChI is InChI=1S/C14H18F3N3O2/c15-14(16,17)12(21)11-3-7-20(8-4-11)13(22)19-9-10-1-5-18-6-2-10/h1-2,5-6,11-12,21H,3-4,7-9H2,(H,19,22)/t12-/m0/s1. The van der Waals surface area contributed by atoms with E-state index in [1.165, 1.54) is 4.90 Å². The van der Waals surface area contributed by atoms with Crippen LogP contribution in [-0.2, 0) is 6.54 Å². The molecule has 1 saturated heterocycles. The molecule has 2 amide bonds. The van der Waals surface area contributed by atoms with E-state index in [2.05, 4.69) is 10.3 Å². The van der Waals surface area contributed by atoms with Gasteiger partial charge in [0, 0.05) is 32.0 Å². The summed E-state index contributed by atoms with van der Waals surface area (Å²) in [5, 5.41) is 12.0. The molecule has 0 aromatic carbocycles. The van der Waals surface area contributed by atoms with E-state index in [4.69, 9.17) is 0 Å². The number of alkyl halides is 3. The third-order valence-corrected chi connectivity index (χ3v) is 3.80. The Morgan fingerprint density at radius 2 is 1.95 bits per heavy atom. The minimum absolute atomic E-state index is 0.142. The summed E-state index contributed by atoms with van der Waals surface area (Å²) in [6.45, 7) is 0.756. The first kappa shape index (κ1) is 16.5. The van der Waals surface area contributed by atoms with Crippen LogP contribution in [-0.4, -0.2) is 46.4 Å². The summed E-state index contributed by atoms with van der Waals surface area (Å²) in [5.74, 6) is -0.843. The summed E-state index contributed by atoms with van der Waals surface area (Å²) in [7, 11) is 0. The molecular formula is C14H18F3N3O2. The normalized spacial score (nSPS) is 18.1. The Morgan fingerprint density at radius 1 is 1.36 bits per heavy atom. The predicted octanol–water partition coefficient (Wildman–Crippen LogP) is 1.93. The molecule has 22 heavy (non-hydrogen) atoms. The molecule has 0 spiro atoms. The lowest BCUT2D eigenvalue weighted by atomic mass is 9.91. The molecule has 0 unspecified atom stereocenters. The number of piperidine rings is 1. The van der Waals surface area contributed by atoms with Gasteiger partial charge in [0.05, 0.1) is 0 Å². The minimum atomic E-state index is -4.60. The average Bonchev–Trinajstić information content (AvgIpc) is 2.52. The van der Waals surface area contributed by atoms with Crippen molar-refractivity contribution in [2.45, 2.75) is 31.7 Å². The molecule has 2 N–H and O–H groups in total. The van der Waals surface area contributed by atoms with E-state index in [0.717, 1.165) is 5.56 Å². The Balaban J connectivity index is 1.78. The van der Waals surface area contributed by atoms with Crippen molar-refractivity contribution in [3.05, 3.63) is 30.1 Å². The minimum Gasteiger partial charge on any atom is -0.383 e. The van der Waals surface area contributed by atoms with Gasteiger partial charge in [-0.1, -0.05) is 0 Å². The maximum absolute atomic E-state index is 12.4. The van der Waals surface area contributed by atoms with Gasteiger partial charge >= 0.3 is 12.2 Å². The number of aliphatic hydroxyl groups is 1. The highest BCUT2D eigenvalue weighted by atomic mass is 19.4. The first-order chi connectivity index (χ1) is 10.4. The number of amides is 2. The number of pyridine rings is 1. The monoisotopic (exact) mass is 317 g/mol. The highest BCUT2D eigenvalue weighted by Gasteiger charge is 2.44. The van der Waals surface area contributed by atoms with Gasteiger partial charge in [-0.05, 0) is 36.5 Å². The first-order valence-corrected chi connectivity index (χ1v) is 7.04. The van der Waals surface area contributed by atoms with Gasteiger partial charge in [-0.25, -0.2) is 4.79 Å². The molecule has 5 nitrogen and oxygen atoms in total. The average molecular weight is 317 g/mol. The number of urea groups is 1. The van der Waals surface area contributed by atoms with Gasteiger partial charge in [-0.2, -0.15) is 13.2 Å². The topological polar surface area (TPSA) is 65.5 Å². The fourth-order valence-corrected chi connectivity index (χ4v) is 2.48. The lowest BCUT2D eigenvalue weighted by molar-refractivity contribution is -0.222. The van der Waals surface area contributed by atoms with Crippen LogP contribution in [0.3, 0.4) is 0 Å². The van der Waals surface area contributed by atoms with Gasteiger partial charge in [-0.3, -0.25) is 4.98 Å². The van der Waals surface area contributed by atoms with E-state index in [1.54, 1.807) is 24.5 Å². The Bertz CT molecular complexity index is 488. The molecule has 122 valence electrons. The second kappa shape index (κ2) is 6.95. The fourth-order valence-electron chi connectivity index (χ4n) is 2.48. The van der Waals surface area contributed by atoms with Crippen molar-refractivity contribution in [2.75, 3.05) is 13.1 Å². The summed E-state index contributed by atoms with van der Waals surface area (Å²) in [6.07, 6.45) is -3.39. The lowest BCUT2D eigenvalue weighted by Gasteiger charge is -2.34. The first-order valence-electron chi connectivity index (χ1n) is 7.04. The van der Waals surface area contributed by atoms with Crippen LogP contribution >= 0.6 is 0 Å². The number of halogens is 3. The number of aliphatic hydroxyl groups excluding tert-OH is 1. The van der Waals surface area contributed by atoms with Crippen LogP contribution in [0.25, 0.3) is 0 Å². The van der Waals surface area contributed by atoms with Crippen LogP contribution in [0.4, 0.5) is 18.0 Å². The highest BCUT2D eigenvalue weighted by Crippen LogP contribution is 2.31. The molecule has 1 fully saturated rings. The van der Waals surface area contributed by atoms with Gasteiger partial charge in [-0.15, -0.1) is 0 Å². The maximum atomic E-state index is 12.4. The lowest BCUT2D eigenvalue weighted by Crippen LogP contribution is -2.48. The predicted molar refractivity (Wildman–Crippen MR) is 72.8 cm³/mol. The Labute approximate surface area is 126 Å². The zero-order valence-electron chi connectivity index (χ0n) is 11.9. The number of nitrogens with zero attached hydrogens (tertiary/aromatic N) is 2. The number of likely N-dealkylation sites (tertiary alicyclic amines) is 1. The summed E-state index contributed by atoms with van der Waals surface area (Å²) >= 11 is 0. The second-order valence-electron chi connectivity index (χ2n) is 5.33. The van der Waals surface area contributed by atoms with E-state index in [0.29, 0.717) is 6.54 Å². The van der Waals surface area contributed by atoms with E-state index in [-0.39, 0.29) is 32.0 Å². The molecule has 0 radical (unpaired) electrons. The quantitative estimate of drug-likeness (QED) is 0.895. The zero-order valence-corrected chi connectivity index (χ0v) is 11.9. The fraction of sp³-hybridized carbons (Fsp3) is 0.571. The molecular weight excluding hydrogens is 299 g/mol. The summed E-state index contributed by atoms with van der Waals surface area (Å²) < 4.78 is 37.3. The van der Waals surface area contributed by atoms with Gasteiger partial charge in [0.25, 0.3) is 0 Å². The second-order valence-corrected chi connectivity index (χ2v) is 5.33. The highest BCUT2D eigenvalue weighted by molar-refractivity contribution is 5.74. The molecule has 1 atom stereocenters. The molecule has 1 aromatic rings. The van der Waals surface area contributed by atoms with Gasteiger partial charge in [0.15, 0.2) is 6.10 Å². The largest absolute Gasteiger partial charge is 0.414 e. The smallest absolute Gasteiger partial charge is 0.383 e. The zero-order chi connectivity index (χ0) is 16.2. The van der Waals surface area contributed by atoms with Crippen molar-refractivity contribution < 1.29 is 23.1 Å². The number of rotatable bonds is 3. The molecule has 0 bridgehead atoms. The summed E-state index contributed by atoms with van der Waals surface area (Å²) in [5.41, 5.74) is 0.894. The molecule has 1 aromatic heterocycles. The van der Waals surface area contributed by atoms with Crippen LogP contribution < -0.4 is 5.32 Å². The van der Waals surface area contributed by atoms with Crippen LogP contribution in [0, 0.1) is 5.92 Å². The maximum Gasteiger partial charge on any atom is 0.414 e. The summed E-state index contributed by atoms with van der Waals surface area (Å²) in [6, 6.07) is 3.23.